The third-order valence-electron chi connectivity index (χ3n) is 2.27. The van der Waals surface area contributed by atoms with E-state index in [1.54, 1.807) is 7.05 Å². The van der Waals surface area contributed by atoms with Crippen LogP contribution in [0.1, 0.15) is 12.1 Å². The van der Waals surface area contributed by atoms with Crippen LogP contribution in [-0.2, 0) is 12.7 Å². The van der Waals surface area contributed by atoms with E-state index < -0.39 is 11.9 Å². The number of aliphatic hydroxyl groups is 1. The Morgan fingerprint density at radius 3 is 2.69 bits per heavy atom. The van der Waals surface area contributed by atoms with Gasteiger partial charge in [-0.15, -0.1) is 0 Å². The lowest BCUT2D eigenvalue weighted by Gasteiger charge is -2.12. The van der Waals surface area contributed by atoms with Crippen LogP contribution in [0.3, 0.4) is 0 Å². The van der Waals surface area contributed by atoms with Crippen LogP contribution in [0.2, 0.25) is 0 Å². The zero-order chi connectivity index (χ0) is 12.2. The van der Waals surface area contributed by atoms with Crippen LogP contribution >= 0.6 is 0 Å². The molecule has 0 aliphatic carbocycles. The van der Waals surface area contributed by atoms with E-state index >= 15 is 0 Å². The summed E-state index contributed by atoms with van der Waals surface area (Å²) in [5.74, 6) is 0. The molecule has 92 valence electrons. The van der Waals surface area contributed by atoms with Gasteiger partial charge in [-0.05, 0) is 19.5 Å². The second-order valence-electron chi connectivity index (χ2n) is 3.42. The van der Waals surface area contributed by atoms with Gasteiger partial charge in [0, 0.05) is 18.8 Å². The number of nitrogens with one attached hydrogen (secondary N) is 1. The topological polar surface area (TPSA) is 50.1 Å². The first-order valence-corrected chi connectivity index (χ1v) is 4.86. The van der Waals surface area contributed by atoms with Crippen molar-refractivity contribution in [1.82, 2.24) is 15.1 Å². The van der Waals surface area contributed by atoms with Crippen LogP contribution in [0.15, 0.2) is 12.3 Å². The molecule has 0 aliphatic rings. The number of hydrogen-bond acceptors (Lipinski definition) is 3. The average molecular weight is 237 g/mol. The summed E-state index contributed by atoms with van der Waals surface area (Å²) >= 11 is 0. The minimum atomic E-state index is -4.40. The molecule has 0 saturated carbocycles. The summed E-state index contributed by atoms with van der Waals surface area (Å²) in [5.41, 5.74) is -0.891. The highest BCUT2D eigenvalue weighted by molar-refractivity contribution is 5.03. The fourth-order valence-electron chi connectivity index (χ4n) is 1.25. The molecule has 1 aromatic rings. The van der Waals surface area contributed by atoms with Crippen LogP contribution in [0, 0.1) is 0 Å². The maximum Gasteiger partial charge on any atom is 0.435 e. The van der Waals surface area contributed by atoms with Gasteiger partial charge in [-0.2, -0.15) is 18.3 Å². The van der Waals surface area contributed by atoms with Gasteiger partial charge in [0.1, 0.15) is 0 Å². The maximum absolute atomic E-state index is 12.2. The van der Waals surface area contributed by atoms with Gasteiger partial charge < -0.3 is 10.4 Å². The molecule has 0 bridgehead atoms. The fourth-order valence-corrected chi connectivity index (χ4v) is 1.25. The van der Waals surface area contributed by atoms with Crippen LogP contribution in [0.4, 0.5) is 13.2 Å². The molecule has 1 atom stereocenters. The van der Waals surface area contributed by atoms with Crippen LogP contribution in [0.5, 0.6) is 0 Å². The van der Waals surface area contributed by atoms with Crippen molar-refractivity contribution in [2.24, 2.45) is 0 Å². The number of rotatable bonds is 5. The van der Waals surface area contributed by atoms with Gasteiger partial charge in [0.05, 0.1) is 6.61 Å². The maximum atomic E-state index is 12.2. The predicted octanol–water partition coefficient (Wildman–Crippen LogP) is 0.872. The van der Waals surface area contributed by atoms with Gasteiger partial charge in [0.2, 0.25) is 0 Å². The van der Waals surface area contributed by atoms with Gasteiger partial charge in [0.15, 0.2) is 5.69 Å². The van der Waals surface area contributed by atoms with Crippen molar-refractivity contribution in [3.8, 4) is 0 Å². The molecule has 16 heavy (non-hydrogen) atoms. The average Bonchev–Trinajstić information content (AvgIpc) is 2.67. The van der Waals surface area contributed by atoms with E-state index in [1.807, 2.05) is 0 Å². The smallest absolute Gasteiger partial charge is 0.395 e. The molecule has 0 aliphatic heterocycles. The molecule has 4 nitrogen and oxygen atoms in total. The normalized spacial score (nSPS) is 14.1. The molecular formula is C9H14F3N3O. The highest BCUT2D eigenvalue weighted by Crippen LogP contribution is 2.27. The Bertz CT molecular complexity index is 320. The van der Waals surface area contributed by atoms with E-state index in [2.05, 4.69) is 10.4 Å². The molecule has 0 amide bonds. The van der Waals surface area contributed by atoms with Gasteiger partial charge in [-0.25, -0.2) is 0 Å². The first-order chi connectivity index (χ1) is 7.47. The van der Waals surface area contributed by atoms with E-state index in [-0.39, 0.29) is 12.6 Å². The van der Waals surface area contributed by atoms with Crippen molar-refractivity contribution in [3.63, 3.8) is 0 Å². The molecule has 0 aromatic carbocycles. The van der Waals surface area contributed by atoms with Gasteiger partial charge >= 0.3 is 6.18 Å². The standard InChI is InChI=1S/C9H14F3N3O/c1-13-7(6-16)2-4-15-5-3-8(14-15)9(10,11)12/h3,5,7,13,16H,2,4,6H2,1H3. The zero-order valence-electron chi connectivity index (χ0n) is 8.83. The molecule has 0 saturated heterocycles. The van der Waals surface area contributed by atoms with Crippen molar-refractivity contribution in [3.05, 3.63) is 18.0 Å². The van der Waals surface area contributed by atoms with E-state index in [9.17, 15) is 13.2 Å². The number of halogens is 3. The minimum absolute atomic E-state index is 0.0517. The third-order valence-corrected chi connectivity index (χ3v) is 2.27. The molecule has 0 spiro atoms. The van der Waals surface area contributed by atoms with E-state index in [0.717, 1.165) is 6.07 Å². The zero-order valence-corrected chi connectivity index (χ0v) is 8.83. The first-order valence-electron chi connectivity index (χ1n) is 4.86. The van der Waals surface area contributed by atoms with Crippen LogP contribution in [-0.4, -0.2) is 34.6 Å². The second-order valence-corrected chi connectivity index (χ2v) is 3.42. The summed E-state index contributed by atoms with van der Waals surface area (Å²) in [5, 5.41) is 15.1. The quantitative estimate of drug-likeness (QED) is 0.799. The Labute approximate surface area is 91.1 Å². The molecular weight excluding hydrogens is 223 g/mol. The van der Waals surface area contributed by atoms with Gasteiger partial charge in [-0.1, -0.05) is 0 Å². The number of aromatic nitrogens is 2. The molecule has 0 fully saturated rings. The minimum Gasteiger partial charge on any atom is -0.395 e. The highest BCUT2D eigenvalue weighted by atomic mass is 19.4. The lowest BCUT2D eigenvalue weighted by molar-refractivity contribution is -0.141. The van der Waals surface area contributed by atoms with Crippen LogP contribution < -0.4 is 5.32 Å². The number of alkyl halides is 3. The van der Waals surface area contributed by atoms with Crippen molar-refractivity contribution in [2.45, 2.75) is 25.2 Å². The highest BCUT2D eigenvalue weighted by Gasteiger charge is 2.33. The molecule has 7 heteroatoms. The number of nitrogens with zero attached hydrogens (tertiary/aromatic N) is 2. The summed E-state index contributed by atoms with van der Waals surface area (Å²) in [6, 6.07) is 0.811. The number of likely N-dealkylation sites (N-methyl/N-ethyl adjacent to an activating group) is 1. The Kier molecular flexibility index (Phi) is 4.31. The van der Waals surface area contributed by atoms with Gasteiger partial charge in [0.25, 0.3) is 0 Å². The summed E-state index contributed by atoms with van der Waals surface area (Å²) in [6.07, 6.45) is -2.59. The molecule has 1 rings (SSSR count). The van der Waals surface area contributed by atoms with E-state index in [0.29, 0.717) is 13.0 Å². The number of aliphatic hydroxyl groups excluding tert-OH is 1. The first kappa shape index (κ1) is 13.0. The SMILES string of the molecule is CNC(CO)CCn1ccc(C(F)(F)F)n1. The van der Waals surface area contributed by atoms with Gasteiger partial charge in [-0.3, -0.25) is 4.68 Å². The lowest BCUT2D eigenvalue weighted by atomic mass is 10.2. The van der Waals surface area contributed by atoms with Crippen molar-refractivity contribution < 1.29 is 18.3 Å². The summed E-state index contributed by atoms with van der Waals surface area (Å²) in [6.45, 7) is 0.284. The Hall–Kier alpha value is -1.08. The third kappa shape index (κ3) is 3.49. The Morgan fingerprint density at radius 1 is 1.56 bits per heavy atom. The van der Waals surface area contributed by atoms with Crippen molar-refractivity contribution in [2.75, 3.05) is 13.7 Å². The summed E-state index contributed by atoms with van der Waals surface area (Å²) in [4.78, 5) is 0. The second kappa shape index (κ2) is 5.31. The summed E-state index contributed by atoms with van der Waals surface area (Å²) < 4.78 is 37.8. The molecule has 0 radical (unpaired) electrons. The monoisotopic (exact) mass is 237 g/mol. The molecule has 1 heterocycles. The Balaban J connectivity index is 2.53. The van der Waals surface area contributed by atoms with E-state index in [4.69, 9.17) is 5.11 Å². The summed E-state index contributed by atoms with van der Waals surface area (Å²) in [7, 11) is 1.69. The van der Waals surface area contributed by atoms with Crippen molar-refractivity contribution >= 4 is 0 Å². The number of hydrogen-bond donors (Lipinski definition) is 2. The fraction of sp³-hybridized carbons (Fsp3) is 0.667. The molecule has 2 N–H and O–H groups in total. The van der Waals surface area contributed by atoms with Crippen LogP contribution in [0.25, 0.3) is 0 Å². The van der Waals surface area contributed by atoms with E-state index in [1.165, 1.54) is 10.9 Å². The largest absolute Gasteiger partial charge is 0.435 e. The number of aryl methyl sites for hydroxylation is 1. The Morgan fingerprint density at radius 2 is 2.25 bits per heavy atom. The van der Waals surface area contributed by atoms with Crippen molar-refractivity contribution in [1.29, 1.82) is 0 Å². The lowest BCUT2D eigenvalue weighted by Crippen LogP contribution is -2.30. The molecule has 1 unspecified atom stereocenters. The predicted molar refractivity (Wildman–Crippen MR) is 51.8 cm³/mol. The molecule has 1 aromatic heterocycles.